The normalized spacial score (nSPS) is 17.2. The number of rotatable bonds is 12. The van der Waals surface area contributed by atoms with E-state index in [0.717, 1.165) is 18.4 Å². The number of aliphatic hydroxyl groups is 1. The predicted molar refractivity (Wildman–Crippen MR) is 121 cm³/mol. The van der Waals surface area contributed by atoms with Crippen molar-refractivity contribution in [2.45, 2.75) is 66.2 Å². The molecule has 0 fully saturated rings. The quantitative estimate of drug-likeness (QED) is 0.464. The Bertz CT molecular complexity index is 891. The Morgan fingerprint density at radius 1 is 0.839 bits per heavy atom. The van der Waals surface area contributed by atoms with Crippen molar-refractivity contribution >= 4 is 17.5 Å². The summed E-state index contributed by atoms with van der Waals surface area (Å²) in [6, 6.07) is 0. The number of aliphatic carboxylic acids is 1. The van der Waals surface area contributed by atoms with Crippen LogP contribution in [-0.2, 0) is 14.4 Å². The van der Waals surface area contributed by atoms with E-state index in [1.54, 1.807) is 44.2 Å². The summed E-state index contributed by atoms with van der Waals surface area (Å²) < 4.78 is 0. The highest BCUT2D eigenvalue weighted by Gasteiger charge is 2.27. The van der Waals surface area contributed by atoms with Gasteiger partial charge in [0.15, 0.2) is 11.6 Å². The Kier molecular flexibility index (Phi) is 8.13. The number of hydrogen-bond acceptors (Lipinski definition) is 4. The van der Waals surface area contributed by atoms with Crippen LogP contribution in [0.25, 0.3) is 0 Å². The second-order valence-electron chi connectivity index (χ2n) is 9.84. The Morgan fingerprint density at radius 2 is 1.29 bits per heavy atom. The van der Waals surface area contributed by atoms with E-state index in [4.69, 9.17) is 0 Å². The van der Waals surface area contributed by atoms with Gasteiger partial charge in [0, 0.05) is 28.9 Å². The van der Waals surface area contributed by atoms with Crippen LogP contribution in [0.2, 0.25) is 0 Å². The summed E-state index contributed by atoms with van der Waals surface area (Å²) in [7, 11) is 0. The Balaban J connectivity index is 1.80. The number of carbonyl (C=O) groups excluding carboxylic acids is 2. The molecule has 2 aliphatic carbocycles. The lowest BCUT2D eigenvalue weighted by atomic mass is 9.86. The van der Waals surface area contributed by atoms with Gasteiger partial charge in [-0.05, 0) is 57.8 Å². The van der Waals surface area contributed by atoms with Crippen LogP contribution >= 0.6 is 0 Å². The topological polar surface area (TPSA) is 91.7 Å². The zero-order chi connectivity index (χ0) is 23.2. The number of ketones is 2. The lowest BCUT2D eigenvalue weighted by Gasteiger charge is -2.21. The number of aliphatic hydroxyl groups excluding tert-OH is 1. The molecule has 31 heavy (non-hydrogen) atoms. The SMILES string of the molecule is CC(C)(CO)CCCC1=CC=C(C=CC2=CC=C(CCCC(C)(C)C(=O)O)C2=O)C1=O. The van der Waals surface area contributed by atoms with Gasteiger partial charge < -0.3 is 10.2 Å². The van der Waals surface area contributed by atoms with Crippen molar-refractivity contribution in [2.75, 3.05) is 6.61 Å². The van der Waals surface area contributed by atoms with Crippen LogP contribution in [0, 0.1) is 10.8 Å². The van der Waals surface area contributed by atoms with E-state index < -0.39 is 11.4 Å². The van der Waals surface area contributed by atoms with E-state index in [2.05, 4.69) is 0 Å². The molecular formula is C26H34O5. The highest BCUT2D eigenvalue weighted by atomic mass is 16.4. The molecule has 0 bridgehead atoms. The summed E-state index contributed by atoms with van der Waals surface area (Å²) in [6.07, 6.45) is 14.6. The monoisotopic (exact) mass is 426 g/mol. The summed E-state index contributed by atoms with van der Waals surface area (Å²) in [5.74, 6) is -0.899. The van der Waals surface area contributed by atoms with Gasteiger partial charge in [0.1, 0.15) is 0 Å². The van der Waals surface area contributed by atoms with E-state index in [0.29, 0.717) is 42.4 Å². The molecule has 0 amide bonds. The lowest BCUT2D eigenvalue weighted by molar-refractivity contribution is -0.147. The van der Waals surface area contributed by atoms with Crippen molar-refractivity contribution in [3.63, 3.8) is 0 Å². The minimum atomic E-state index is -0.833. The van der Waals surface area contributed by atoms with E-state index in [9.17, 15) is 24.6 Å². The molecule has 0 aromatic rings. The first-order chi connectivity index (χ1) is 14.5. The minimum absolute atomic E-state index is 0.00631. The second-order valence-corrected chi connectivity index (χ2v) is 9.84. The van der Waals surface area contributed by atoms with Crippen molar-refractivity contribution in [2.24, 2.45) is 10.8 Å². The molecule has 0 aromatic carbocycles. The molecule has 0 atom stereocenters. The van der Waals surface area contributed by atoms with E-state index >= 15 is 0 Å². The first-order valence-electron chi connectivity index (χ1n) is 10.9. The molecule has 0 heterocycles. The third-order valence-electron chi connectivity index (χ3n) is 6.03. The molecule has 5 nitrogen and oxygen atoms in total. The number of carbonyl (C=O) groups is 3. The zero-order valence-corrected chi connectivity index (χ0v) is 19.0. The Morgan fingerprint density at radius 3 is 1.71 bits per heavy atom. The maximum absolute atomic E-state index is 12.6. The number of carboxylic acids is 1. The van der Waals surface area contributed by atoms with Crippen LogP contribution in [0.5, 0.6) is 0 Å². The van der Waals surface area contributed by atoms with Crippen molar-refractivity contribution in [3.8, 4) is 0 Å². The minimum Gasteiger partial charge on any atom is -0.481 e. The first kappa shape index (κ1) is 24.7. The Hall–Kier alpha value is -2.53. The Labute approximate surface area is 184 Å². The highest BCUT2D eigenvalue weighted by Crippen LogP contribution is 2.29. The molecular weight excluding hydrogens is 392 g/mol. The van der Waals surface area contributed by atoms with E-state index in [1.807, 2.05) is 19.9 Å². The van der Waals surface area contributed by atoms with E-state index in [1.165, 1.54) is 0 Å². The number of hydrogen-bond donors (Lipinski definition) is 2. The number of allylic oxidation sites excluding steroid dienone is 10. The molecule has 0 aromatic heterocycles. The second kappa shape index (κ2) is 10.2. The van der Waals surface area contributed by atoms with Crippen LogP contribution in [0.1, 0.15) is 66.2 Å². The molecule has 2 aliphatic rings. The highest BCUT2D eigenvalue weighted by molar-refractivity contribution is 6.15. The smallest absolute Gasteiger partial charge is 0.309 e. The maximum atomic E-state index is 12.6. The van der Waals surface area contributed by atoms with Crippen molar-refractivity contribution in [1.29, 1.82) is 0 Å². The molecule has 168 valence electrons. The molecule has 0 aliphatic heterocycles. The van der Waals surface area contributed by atoms with Crippen molar-refractivity contribution in [1.82, 2.24) is 0 Å². The predicted octanol–water partition coefficient (Wildman–Crippen LogP) is 4.88. The van der Waals surface area contributed by atoms with Crippen molar-refractivity contribution < 1.29 is 24.6 Å². The van der Waals surface area contributed by atoms with Crippen LogP contribution in [0.15, 0.2) is 58.7 Å². The summed E-state index contributed by atoms with van der Waals surface area (Å²) in [5.41, 5.74) is 1.62. The third kappa shape index (κ3) is 6.73. The molecule has 2 N–H and O–H groups in total. The fourth-order valence-corrected chi connectivity index (χ4v) is 3.55. The number of Topliss-reactive ketones (excluding diaryl/α,β-unsaturated/α-hetero) is 2. The first-order valence-corrected chi connectivity index (χ1v) is 10.9. The summed E-state index contributed by atoms with van der Waals surface area (Å²) in [6.45, 7) is 7.52. The summed E-state index contributed by atoms with van der Waals surface area (Å²) in [5, 5.41) is 18.5. The van der Waals surface area contributed by atoms with Crippen LogP contribution in [0.4, 0.5) is 0 Å². The van der Waals surface area contributed by atoms with Gasteiger partial charge in [-0.2, -0.15) is 0 Å². The van der Waals surface area contributed by atoms with Gasteiger partial charge in [0.2, 0.25) is 0 Å². The van der Waals surface area contributed by atoms with Crippen molar-refractivity contribution in [3.05, 3.63) is 58.7 Å². The average Bonchev–Trinajstić information content (AvgIpc) is 3.23. The van der Waals surface area contributed by atoms with Crippen LogP contribution in [0.3, 0.4) is 0 Å². The van der Waals surface area contributed by atoms with Crippen LogP contribution < -0.4 is 0 Å². The average molecular weight is 427 g/mol. The van der Waals surface area contributed by atoms with Gasteiger partial charge >= 0.3 is 5.97 Å². The fraction of sp³-hybridized carbons (Fsp3) is 0.500. The van der Waals surface area contributed by atoms with Gasteiger partial charge in [-0.1, -0.05) is 50.3 Å². The summed E-state index contributed by atoms with van der Waals surface area (Å²) >= 11 is 0. The van der Waals surface area contributed by atoms with Gasteiger partial charge in [0.25, 0.3) is 0 Å². The zero-order valence-electron chi connectivity index (χ0n) is 19.0. The molecule has 0 spiro atoms. The molecule has 0 saturated heterocycles. The van der Waals surface area contributed by atoms with Gasteiger partial charge in [-0.15, -0.1) is 0 Å². The molecule has 2 rings (SSSR count). The fourth-order valence-electron chi connectivity index (χ4n) is 3.55. The summed E-state index contributed by atoms with van der Waals surface area (Å²) in [4.78, 5) is 36.3. The molecule has 5 heteroatoms. The van der Waals surface area contributed by atoms with Gasteiger partial charge in [-0.25, -0.2) is 0 Å². The standard InChI is InChI=1S/C26H34O5/c1-25(2,17-27)15-5-7-18-9-11-20(22(18)28)13-14-21-12-10-19(23(21)29)8-6-16-26(3,4)24(30)31/h9-14,27H,5-8,15-17H2,1-4H3,(H,30,31). The van der Waals surface area contributed by atoms with Gasteiger partial charge in [-0.3, -0.25) is 14.4 Å². The molecule has 0 radical (unpaired) electrons. The van der Waals surface area contributed by atoms with E-state index in [-0.39, 0.29) is 23.6 Å². The van der Waals surface area contributed by atoms with Gasteiger partial charge in [0.05, 0.1) is 5.41 Å². The largest absolute Gasteiger partial charge is 0.481 e. The molecule has 0 unspecified atom stereocenters. The number of carboxylic acid groups (broad SMARTS) is 1. The molecule has 0 saturated carbocycles. The third-order valence-corrected chi connectivity index (χ3v) is 6.03. The van der Waals surface area contributed by atoms with Crippen LogP contribution in [-0.4, -0.2) is 34.4 Å². The lowest BCUT2D eigenvalue weighted by Crippen LogP contribution is -2.23. The maximum Gasteiger partial charge on any atom is 0.309 e.